The van der Waals surface area contributed by atoms with Crippen LogP contribution in [0.1, 0.15) is 13.3 Å². The Kier molecular flexibility index (Phi) is 6.32. The summed E-state index contributed by atoms with van der Waals surface area (Å²) in [6.07, 6.45) is 0.624. The van der Waals surface area contributed by atoms with Crippen molar-refractivity contribution in [3.63, 3.8) is 0 Å². The summed E-state index contributed by atoms with van der Waals surface area (Å²) >= 11 is 5.70. The van der Waals surface area contributed by atoms with E-state index in [9.17, 15) is 4.79 Å². The summed E-state index contributed by atoms with van der Waals surface area (Å²) in [6, 6.07) is 6.46. The molecule has 0 aliphatic heterocycles. The second-order valence-corrected chi connectivity index (χ2v) is 3.45. The summed E-state index contributed by atoms with van der Waals surface area (Å²) in [4.78, 5) is 11.4. The molecular weight excluding hydrogens is 235 g/mol. The summed E-state index contributed by atoms with van der Waals surface area (Å²) in [5, 5.41) is 3.34. The Balaban J connectivity index is 0.00000196. The number of anilines is 1. The van der Waals surface area contributed by atoms with Crippen LogP contribution in [-0.2, 0) is 4.79 Å². The normalized spacial score (nSPS) is 11.4. The summed E-state index contributed by atoms with van der Waals surface area (Å²) in [5.41, 5.74) is 6.27. The van der Waals surface area contributed by atoms with Crippen LogP contribution in [0.3, 0.4) is 0 Å². The summed E-state index contributed by atoms with van der Waals surface area (Å²) < 4.78 is 0. The molecule has 0 radical (unpaired) electrons. The van der Waals surface area contributed by atoms with E-state index in [4.69, 9.17) is 17.3 Å². The van der Waals surface area contributed by atoms with Gasteiger partial charge in [0, 0.05) is 10.7 Å². The number of hydrogen-bond acceptors (Lipinski definition) is 2. The summed E-state index contributed by atoms with van der Waals surface area (Å²) in [6.45, 7) is 1.87. The second kappa shape index (κ2) is 6.67. The lowest BCUT2D eigenvalue weighted by molar-refractivity contribution is -0.117. The number of halogens is 2. The molecule has 0 saturated heterocycles. The van der Waals surface area contributed by atoms with Gasteiger partial charge >= 0.3 is 0 Å². The molecule has 3 N–H and O–H groups in total. The van der Waals surface area contributed by atoms with Gasteiger partial charge in [-0.1, -0.05) is 18.5 Å². The third-order valence-corrected chi connectivity index (χ3v) is 2.14. The predicted octanol–water partition coefficient (Wildman–Crippen LogP) is 2.44. The van der Waals surface area contributed by atoms with Crippen molar-refractivity contribution in [1.82, 2.24) is 0 Å². The number of hydrogen-bond donors (Lipinski definition) is 2. The first kappa shape index (κ1) is 14.2. The molecule has 1 aromatic rings. The van der Waals surface area contributed by atoms with E-state index in [2.05, 4.69) is 5.32 Å². The van der Waals surface area contributed by atoms with Gasteiger partial charge in [0.05, 0.1) is 6.04 Å². The second-order valence-electron chi connectivity index (χ2n) is 3.01. The molecule has 0 spiro atoms. The molecule has 1 rings (SSSR count). The third-order valence-electron chi connectivity index (χ3n) is 1.89. The van der Waals surface area contributed by atoms with E-state index < -0.39 is 6.04 Å². The Bertz CT molecular complexity index is 314. The van der Waals surface area contributed by atoms with Crippen LogP contribution in [-0.4, -0.2) is 11.9 Å². The van der Waals surface area contributed by atoms with Gasteiger partial charge < -0.3 is 11.1 Å². The number of amides is 1. The van der Waals surface area contributed by atoms with Crippen molar-refractivity contribution in [2.75, 3.05) is 5.32 Å². The number of carbonyl (C=O) groups excluding carboxylic acids is 1. The van der Waals surface area contributed by atoms with Crippen molar-refractivity contribution in [2.45, 2.75) is 19.4 Å². The third kappa shape index (κ3) is 4.51. The van der Waals surface area contributed by atoms with Crippen LogP contribution in [0.25, 0.3) is 0 Å². The van der Waals surface area contributed by atoms with E-state index in [0.717, 1.165) is 0 Å². The molecule has 1 atom stereocenters. The highest BCUT2D eigenvalue weighted by Gasteiger charge is 2.10. The zero-order chi connectivity index (χ0) is 10.6. The number of rotatable bonds is 3. The van der Waals surface area contributed by atoms with Crippen molar-refractivity contribution < 1.29 is 4.79 Å². The van der Waals surface area contributed by atoms with E-state index in [-0.39, 0.29) is 18.3 Å². The lowest BCUT2D eigenvalue weighted by Crippen LogP contribution is -2.34. The molecule has 1 aromatic carbocycles. The van der Waals surface area contributed by atoms with Gasteiger partial charge in [-0.3, -0.25) is 4.79 Å². The van der Waals surface area contributed by atoms with Crippen LogP contribution >= 0.6 is 24.0 Å². The van der Waals surface area contributed by atoms with Crippen LogP contribution < -0.4 is 11.1 Å². The van der Waals surface area contributed by atoms with Crippen molar-refractivity contribution in [2.24, 2.45) is 5.73 Å². The van der Waals surface area contributed by atoms with Crippen LogP contribution in [0, 0.1) is 0 Å². The van der Waals surface area contributed by atoms with Gasteiger partial charge in [-0.25, -0.2) is 0 Å². The van der Waals surface area contributed by atoms with E-state index in [0.29, 0.717) is 17.1 Å². The van der Waals surface area contributed by atoms with Gasteiger partial charge in [-0.05, 0) is 30.7 Å². The molecule has 84 valence electrons. The fraction of sp³-hybridized carbons (Fsp3) is 0.300. The first-order chi connectivity index (χ1) is 6.63. The van der Waals surface area contributed by atoms with E-state index in [1.54, 1.807) is 24.3 Å². The first-order valence-corrected chi connectivity index (χ1v) is 4.83. The highest BCUT2D eigenvalue weighted by atomic mass is 35.5. The molecule has 0 saturated carbocycles. The van der Waals surface area contributed by atoms with Crippen LogP contribution in [0.4, 0.5) is 5.69 Å². The van der Waals surface area contributed by atoms with Crippen LogP contribution in [0.2, 0.25) is 5.02 Å². The SMILES string of the molecule is CC[C@H](N)C(=O)Nc1ccc(Cl)cc1.Cl. The van der Waals surface area contributed by atoms with E-state index in [1.807, 2.05) is 6.92 Å². The van der Waals surface area contributed by atoms with Gasteiger partial charge in [-0.2, -0.15) is 0 Å². The van der Waals surface area contributed by atoms with Crippen molar-refractivity contribution in [3.8, 4) is 0 Å². The van der Waals surface area contributed by atoms with Crippen molar-refractivity contribution in [3.05, 3.63) is 29.3 Å². The maximum absolute atomic E-state index is 11.4. The Labute approximate surface area is 100 Å². The molecule has 0 unspecified atom stereocenters. The van der Waals surface area contributed by atoms with E-state index in [1.165, 1.54) is 0 Å². The predicted molar refractivity (Wildman–Crippen MR) is 65.6 cm³/mol. The average Bonchev–Trinajstić information content (AvgIpc) is 2.20. The first-order valence-electron chi connectivity index (χ1n) is 4.45. The zero-order valence-electron chi connectivity index (χ0n) is 8.37. The molecule has 15 heavy (non-hydrogen) atoms. The van der Waals surface area contributed by atoms with Gasteiger partial charge in [-0.15, -0.1) is 12.4 Å². The fourth-order valence-electron chi connectivity index (χ4n) is 0.954. The molecule has 0 heterocycles. The monoisotopic (exact) mass is 248 g/mol. The van der Waals surface area contributed by atoms with Gasteiger partial charge in [0.1, 0.15) is 0 Å². The Hall–Kier alpha value is -0.770. The molecule has 3 nitrogen and oxygen atoms in total. The number of benzene rings is 1. The maximum Gasteiger partial charge on any atom is 0.241 e. The molecule has 0 fully saturated rings. The quantitative estimate of drug-likeness (QED) is 0.864. The molecule has 1 amide bonds. The zero-order valence-corrected chi connectivity index (χ0v) is 9.94. The molecule has 0 aliphatic rings. The lowest BCUT2D eigenvalue weighted by atomic mass is 10.2. The summed E-state index contributed by atoms with van der Waals surface area (Å²) in [5.74, 6) is -0.171. The number of nitrogens with two attached hydrogens (primary N) is 1. The van der Waals surface area contributed by atoms with Crippen molar-refractivity contribution >= 4 is 35.6 Å². The van der Waals surface area contributed by atoms with Gasteiger partial charge in [0.25, 0.3) is 0 Å². The van der Waals surface area contributed by atoms with Crippen molar-refractivity contribution in [1.29, 1.82) is 0 Å². The molecular formula is C10H14Cl2N2O. The van der Waals surface area contributed by atoms with E-state index >= 15 is 0 Å². The molecule has 0 aromatic heterocycles. The molecule has 5 heteroatoms. The van der Waals surface area contributed by atoms with Gasteiger partial charge in [0.15, 0.2) is 0 Å². The minimum absolute atomic E-state index is 0. The largest absolute Gasteiger partial charge is 0.325 e. The molecule has 0 aliphatic carbocycles. The smallest absolute Gasteiger partial charge is 0.241 e. The minimum Gasteiger partial charge on any atom is -0.325 e. The van der Waals surface area contributed by atoms with Crippen LogP contribution in [0.5, 0.6) is 0 Å². The highest BCUT2D eigenvalue weighted by molar-refractivity contribution is 6.30. The number of carbonyl (C=O) groups is 1. The standard InChI is InChI=1S/C10H13ClN2O.ClH/c1-2-9(12)10(14)13-8-5-3-7(11)4-6-8;/h3-6,9H,2,12H2,1H3,(H,13,14);1H/t9-;/m0./s1. The van der Waals surface area contributed by atoms with Crippen LogP contribution in [0.15, 0.2) is 24.3 Å². The van der Waals surface area contributed by atoms with Gasteiger partial charge in [0.2, 0.25) is 5.91 Å². The summed E-state index contributed by atoms with van der Waals surface area (Å²) in [7, 11) is 0. The maximum atomic E-state index is 11.4. The number of nitrogens with one attached hydrogen (secondary N) is 1. The minimum atomic E-state index is -0.453. The average molecular weight is 249 g/mol. The highest BCUT2D eigenvalue weighted by Crippen LogP contribution is 2.13. The Morgan fingerprint density at radius 1 is 1.47 bits per heavy atom. The Morgan fingerprint density at radius 3 is 2.47 bits per heavy atom. The fourth-order valence-corrected chi connectivity index (χ4v) is 1.08. The Morgan fingerprint density at radius 2 is 2.00 bits per heavy atom. The topological polar surface area (TPSA) is 55.1 Å². The molecule has 0 bridgehead atoms. The lowest BCUT2D eigenvalue weighted by Gasteiger charge is -2.09.